The summed E-state index contributed by atoms with van der Waals surface area (Å²) >= 11 is 0. The van der Waals surface area contributed by atoms with Gasteiger partial charge in [-0.1, -0.05) is 18.2 Å². The lowest BCUT2D eigenvalue weighted by Crippen LogP contribution is -2.11. The molecule has 0 radical (unpaired) electrons. The SMILES string of the molecule is [C-]#[N+]c1cccc(C(=O)CC(=O)OCC)c1. The van der Waals surface area contributed by atoms with Crippen molar-refractivity contribution in [3.63, 3.8) is 0 Å². The molecule has 0 aliphatic rings. The average molecular weight is 217 g/mol. The predicted molar refractivity (Wildman–Crippen MR) is 58.3 cm³/mol. The van der Waals surface area contributed by atoms with Crippen LogP contribution in [0.25, 0.3) is 4.85 Å². The van der Waals surface area contributed by atoms with E-state index in [0.29, 0.717) is 11.3 Å². The molecule has 4 nitrogen and oxygen atoms in total. The first-order chi connectivity index (χ1) is 7.67. The van der Waals surface area contributed by atoms with Crippen molar-refractivity contribution in [1.82, 2.24) is 0 Å². The second-order valence-electron chi connectivity index (χ2n) is 3.07. The van der Waals surface area contributed by atoms with Crippen molar-refractivity contribution >= 4 is 17.4 Å². The molecule has 4 heteroatoms. The monoisotopic (exact) mass is 217 g/mol. The lowest BCUT2D eigenvalue weighted by atomic mass is 10.1. The van der Waals surface area contributed by atoms with Crippen LogP contribution in [0.4, 0.5) is 5.69 Å². The molecule has 16 heavy (non-hydrogen) atoms. The van der Waals surface area contributed by atoms with E-state index in [1.54, 1.807) is 25.1 Å². The van der Waals surface area contributed by atoms with Gasteiger partial charge in [0.15, 0.2) is 11.5 Å². The average Bonchev–Trinajstić information content (AvgIpc) is 2.29. The van der Waals surface area contributed by atoms with Crippen LogP contribution in [-0.2, 0) is 9.53 Å². The van der Waals surface area contributed by atoms with Crippen LogP contribution < -0.4 is 0 Å². The minimum atomic E-state index is -0.541. The van der Waals surface area contributed by atoms with E-state index in [2.05, 4.69) is 9.58 Å². The van der Waals surface area contributed by atoms with Crippen molar-refractivity contribution in [2.75, 3.05) is 6.61 Å². The lowest BCUT2D eigenvalue weighted by molar-refractivity contribution is -0.141. The third-order valence-electron chi connectivity index (χ3n) is 1.91. The molecule has 82 valence electrons. The Kier molecular flexibility index (Phi) is 4.22. The molecule has 0 aromatic heterocycles. The maximum Gasteiger partial charge on any atom is 0.313 e. The largest absolute Gasteiger partial charge is 0.466 e. The van der Waals surface area contributed by atoms with Crippen molar-refractivity contribution in [1.29, 1.82) is 0 Å². The molecular formula is C12H11NO3. The zero-order valence-corrected chi connectivity index (χ0v) is 8.90. The smallest absolute Gasteiger partial charge is 0.313 e. The number of carbonyl (C=O) groups is 2. The van der Waals surface area contributed by atoms with Crippen LogP contribution in [0.2, 0.25) is 0 Å². The highest BCUT2D eigenvalue weighted by atomic mass is 16.5. The highest BCUT2D eigenvalue weighted by molar-refractivity contribution is 6.06. The number of hydrogen-bond acceptors (Lipinski definition) is 3. The second kappa shape index (κ2) is 5.66. The number of hydrogen-bond donors (Lipinski definition) is 0. The van der Waals surface area contributed by atoms with Gasteiger partial charge in [-0.25, -0.2) is 4.85 Å². The zero-order chi connectivity index (χ0) is 12.0. The summed E-state index contributed by atoms with van der Waals surface area (Å²) in [7, 11) is 0. The van der Waals surface area contributed by atoms with Crippen molar-refractivity contribution < 1.29 is 14.3 Å². The molecular weight excluding hydrogens is 206 g/mol. The van der Waals surface area contributed by atoms with Gasteiger partial charge in [0.05, 0.1) is 13.2 Å². The van der Waals surface area contributed by atoms with Crippen LogP contribution in [0, 0.1) is 6.57 Å². The minimum Gasteiger partial charge on any atom is -0.466 e. The standard InChI is InChI=1S/C12H11NO3/c1-3-16-12(15)8-11(14)9-5-4-6-10(7-9)13-2/h4-7H,3,8H2,1H3. The third kappa shape index (κ3) is 3.21. The molecule has 0 spiro atoms. The van der Waals surface area contributed by atoms with Gasteiger partial charge in [0.25, 0.3) is 0 Å². The summed E-state index contributed by atoms with van der Waals surface area (Å²) in [6.07, 6.45) is -0.282. The molecule has 0 heterocycles. The minimum absolute atomic E-state index is 0.258. The number of carbonyl (C=O) groups excluding carboxylic acids is 2. The lowest BCUT2D eigenvalue weighted by Gasteiger charge is -2.01. The van der Waals surface area contributed by atoms with Gasteiger partial charge >= 0.3 is 5.97 Å². The molecule has 0 aliphatic carbocycles. The third-order valence-corrected chi connectivity index (χ3v) is 1.91. The van der Waals surface area contributed by atoms with E-state index in [9.17, 15) is 9.59 Å². The van der Waals surface area contributed by atoms with Crippen molar-refractivity contribution in [3.8, 4) is 0 Å². The molecule has 1 aromatic carbocycles. The van der Waals surface area contributed by atoms with Gasteiger partial charge in [0.1, 0.15) is 6.42 Å². The molecule has 0 atom stereocenters. The Hall–Kier alpha value is -2.15. The molecule has 0 N–H and O–H groups in total. The van der Waals surface area contributed by atoms with Gasteiger partial charge in [-0.15, -0.1) is 0 Å². The normalized spacial score (nSPS) is 9.25. The Bertz CT molecular complexity index is 446. The molecule has 0 saturated carbocycles. The number of Topliss-reactive ketones (excluding diaryl/α,β-unsaturated/α-hetero) is 1. The Balaban J connectivity index is 2.73. The van der Waals surface area contributed by atoms with Gasteiger partial charge in [0.2, 0.25) is 0 Å². The van der Waals surface area contributed by atoms with Crippen molar-refractivity contribution in [2.45, 2.75) is 13.3 Å². The molecule has 0 unspecified atom stereocenters. The van der Waals surface area contributed by atoms with E-state index in [-0.39, 0.29) is 18.8 Å². The quantitative estimate of drug-likeness (QED) is 0.336. The van der Waals surface area contributed by atoms with Crippen molar-refractivity contribution in [3.05, 3.63) is 41.2 Å². The van der Waals surface area contributed by atoms with E-state index in [0.717, 1.165) is 0 Å². The summed E-state index contributed by atoms with van der Waals surface area (Å²) in [5, 5.41) is 0. The number of ketones is 1. The molecule has 0 fully saturated rings. The fourth-order valence-corrected chi connectivity index (χ4v) is 1.19. The first-order valence-electron chi connectivity index (χ1n) is 4.83. The van der Waals surface area contributed by atoms with Gasteiger partial charge in [-0.2, -0.15) is 0 Å². The van der Waals surface area contributed by atoms with Crippen LogP contribution in [0.3, 0.4) is 0 Å². The summed E-state index contributed by atoms with van der Waals surface area (Å²) in [6.45, 7) is 8.75. The maximum atomic E-state index is 11.6. The summed E-state index contributed by atoms with van der Waals surface area (Å²) < 4.78 is 4.67. The highest BCUT2D eigenvalue weighted by Crippen LogP contribution is 2.15. The first kappa shape index (κ1) is 11.9. The first-order valence-corrected chi connectivity index (χ1v) is 4.83. The van der Waals surface area contributed by atoms with Crippen LogP contribution >= 0.6 is 0 Å². The van der Waals surface area contributed by atoms with Crippen molar-refractivity contribution in [2.24, 2.45) is 0 Å². The molecule has 1 aromatic rings. The zero-order valence-electron chi connectivity index (χ0n) is 8.90. The molecule has 1 rings (SSSR count). The van der Waals surface area contributed by atoms with Crippen LogP contribution in [-0.4, -0.2) is 18.4 Å². The van der Waals surface area contributed by atoms with E-state index >= 15 is 0 Å². The van der Waals surface area contributed by atoms with E-state index in [4.69, 9.17) is 6.57 Å². The fourth-order valence-electron chi connectivity index (χ4n) is 1.19. The Morgan fingerprint density at radius 2 is 2.19 bits per heavy atom. The Morgan fingerprint density at radius 3 is 2.81 bits per heavy atom. The van der Waals surface area contributed by atoms with Crippen LogP contribution in [0.15, 0.2) is 24.3 Å². The van der Waals surface area contributed by atoms with Gasteiger partial charge in [-0.3, -0.25) is 9.59 Å². The number of ether oxygens (including phenoxy) is 1. The molecule has 0 saturated heterocycles. The van der Waals surface area contributed by atoms with E-state index < -0.39 is 5.97 Å². The molecule has 0 aliphatic heterocycles. The number of benzene rings is 1. The fraction of sp³-hybridized carbons (Fsp3) is 0.250. The highest BCUT2D eigenvalue weighted by Gasteiger charge is 2.12. The number of rotatable bonds is 4. The summed E-state index contributed by atoms with van der Waals surface area (Å²) in [5.41, 5.74) is 0.747. The van der Waals surface area contributed by atoms with Crippen LogP contribution in [0.1, 0.15) is 23.7 Å². The summed E-state index contributed by atoms with van der Waals surface area (Å²) in [5.74, 6) is -0.871. The Labute approximate surface area is 93.7 Å². The topological polar surface area (TPSA) is 47.7 Å². The van der Waals surface area contributed by atoms with E-state index in [1.165, 1.54) is 6.07 Å². The summed E-state index contributed by atoms with van der Waals surface area (Å²) in [6, 6.07) is 6.27. The summed E-state index contributed by atoms with van der Waals surface area (Å²) in [4.78, 5) is 25.9. The molecule has 0 amide bonds. The van der Waals surface area contributed by atoms with Gasteiger partial charge < -0.3 is 4.74 Å². The Morgan fingerprint density at radius 1 is 1.44 bits per heavy atom. The molecule has 0 bridgehead atoms. The number of esters is 1. The van der Waals surface area contributed by atoms with Crippen LogP contribution in [0.5, 0.6) is 0 Å². The van der Waals surface area contributed by atoms with Gasteiger partial charge in [-0.05, 0) is 13.0 Å². The number of nitrogens with zero attached hydrogens (tertiary/aromatic N) is 1. The second-order valence-corrected chi connectivity index (χ2v) is 3.07. The van der Waals surface area contributed by atoms with E-state index in [1.807, 2.05) is 0 Å². The predicted octanol–water partition coefficient (Wildman–Crippen LogP) is 2.37. The maximum absolute atomic E-state index is 11.6. The van der Waals surface area contributed by atoms with Gasteiger partial charge in [0, 0.05) is 5.56 Å².